The van der Waals surface area contributed by atoms with Crippen LogP contribution in [0.15, 0.2) is 83.3 Å². The normalized spacial score (nSPS) is 12.3. The van der Waals surface area contributed by atoms with E-state index >= 15 is 0 Å². The number of benzene rings is 2. The smallest absolute Gasteiger partial charge is 0.282 e. The lowest BCUT2D eigenvalue weighted by atomic mass is 10.1. The molecule has 1 amide bonds. The number of amides is 1. The van der Waals surface area contributed by atoms with Crippen molar-refractivity contribution in [2.45, 2.75) is 11.7 Å². The third-order valence-electron chi connectivity index (χ3n) is 4.42. The van der Waals surface area contributed by atoms with Crippen molar-refractivity contribution < 1.29 is 9.53 Å². The van der Waals surface area contributed by atoms with Crippen LogP contribution >= 0.6 is 11.8 Å². The van der Waals surface area contributed by atoms with Crippen molar-refractivity contribution in [3.63, 3.8) is 0 Å². The Morgan fingerprint density at radius 2 is 1.86 bits per heavy atom. The summed E-state index contributed by atoms with van der Waals surface area (Å²) >= 11 is 1.49. The zero-order valence-corrected chi connectivity index (χ0v) is 16.5. The fourth-order valence-corrected chi connectivity index (χ4v) is 4.04. The highest BCUT2D eigenvalue weighted by atomic mass is 32.2. The quantitative estimate of drug-likeness (QED) is 0.460. The predicted molar refractivity (Wildman–Crippen MR) is 114 cm³/mol. The second kappa shape index (κ2) is 8.36. The lowest BCUT2D eigenvalue weighted by molar-refractivity contribution is 0.0998. The Morgan fingerprint density at radius 3 is 2.55 bits per heavy atom. The zero-order chi connectivity index (χ0) is 20.2. The molecule has 7 heteroatoms. The molecule has 1 aliphatic heterocycles. The number of carbonyl (C=O) groups excluding carboxylic acids is 1. The fraction of sp³-hybridized carbons (Fsp3) is 0.136. The lowest BCUT2D eigenvalue weighted by Gasteiger charge is -2.24. The molecule has 146 valence electrons. The molecule has 0 radical (unpaired) electrons. The number of hydrogen-bond donors (Lipinski definition) is 0. The first-order chi connectivity index (χ1) is 14.2. The van der Waals surface area contributed by atoms with E-state index in [1.54, 1.807) is 47.0 Å². The van der Waals surface area contributed by atoms with E-state index in [1.165, 1.54) is 16.7 Å². The summed E-state index contributed by atoms with van der Waals surface area (Å²) in [6, 6.07) is 17.9. The second-order valence-electron chi connectivity index (χ2n) is 6.30. The summed E-state index contributed by atoms with van der Waals surface area (Å²) in [5.74, 6) is 0.555. The Balaban J connectivity index is 1.94. The average molecular weight is 405 g/mol. The van der Waals surface area contributed by atoms with Crippen LogP contribution in [0.5, 0.6) is 5.88 Å². The van der Waals surface area contributed by atoms with Crippen LogP contribution in [0, 0.1) is 0 Å². The van der Waals surface area contributed by atoms with Crippen LogP contribution < -0.4 is 15.2 Å². The van der Waals surface area contributed by atoms with Gasteiger partial charge in [0.15, 0.2) is 10.8 Å². The first-order valence-corrected chi connectivity index (χ1v) is 10.1. The van der Waals surface area contributed by atoms with Gasteiger partial charge in [-0.05, 0) is 24.3 Å². The third kappa shape index (κ3) is 3.69. The topological polar surface area (TPSA) is 64.4 Å². The summed E-state index contributed by atoms with van der Waals surface area (Å²) in [5, 5.41) is 0.595. The Bertz CT molecular complexity index is 1100. The molecule has 1 aromatic heterocycles. The van der Waals surface area contributed by atoms with Gasteiger partial charge in [0.05, 0.1) is 0 Å². The van der Waals surface area contributed by atoms with Crippen molar-refractivity contribution in [3.05, 3.63) is 89.2 Å². The number of aromatic nitrogens is 2. The molecule has 3 aromatic rings. The molecule has 2 aromatic carbocycles. The molecule has 0 spiro atoms. The number of carbonyl (C=O) groups is 1. The Labute approximate surface area is 172 Å². The lowest BCUT2D eigenvalue weighted by Crippen LogP contribution is -2.35. The van der Waals surface area contributed by atoms with Gasteiger partial charge in [0, 0.05) is 23.5 Å². The summed E-state index contributed by atoms with van der Waals surface area (Å²) in [7, 11) is 0. The first kappa shape index (κ1) is 19.0. The van der Waals surface area contributed by atoms with Gasteiger partial charge in [0.2, 0.25) is 5.88 Å². The van der Waals surface area contributed by atoms with E-state index in [-0.39, 0.29) is 29.6 Å². The van der Waals surface area contributed by atoms with Crippen molar-refractivity contribution in [2.75, 3.05) is 17.3 Å². The van der Waals surface area contributed by atoms with Crippen molar-refractivity contribution in [1.82, 2.24) is 9.55 Å². The highest BCUT2D eigenvalue weighted by Crippen LogP contribution is 2.34. The first-order valence-electron chi connectivity index (χ1n) is 9.16. The van der Waals surface area contributed by atoms with Crippen molar-refractivity contribution in [2.24, 2.45) is 0 Å². The molecule has 0 N–H and O–H groups in total. The van der Waals surface area contributed by atoms with Gasteiger partial charge in [-0.2, -0.15) is 4.98 Å². The Morgan fingerprint density at radius 1 is 1.17 bits per heavy atom. The predicted octanol–water partition coefficient (Wildman–Crippen LogP) is 3.89. The van der Waals surface area contributed by atoms with E-state index in [2.05, 4.69) is 11.6 Å². The second-order valence-corrected chi connectivity index (χ2v) is 7.36. The number of thioether (sulfide) groups is 1. The maximum Gasteiger partial charge on any atom is 0.282 e. The van der Waals surface area contributed by atoms with Crippen LogP contribution in [0.2, 0.25) is 0 Å². The van der Waals surface area contributed by atoms with Gasteiger partial charge >= 0.3 is 0 Å². The molecular weight excluding hydrogens is 386 g/mol. The maximum absolute atomic E-state index is 13.5. The van der Waals surface area contributed by atoms with E-state index in [0.29, 0.717) is 23.0 Å². The molecule has 4 rings (SSSR count). The van der Waals surface area contributed by atoms with Crippen LogP contribution in [0.3, 0.4) is 0 Å². The van der Waals surface area contributed by atoms with Crippen molar-refractivity contribution in [1.29, 1.82) is 0 Å². The fourth-order valence-electron chi connectivity index (χ4n) is 3.11. The minimum atomic E-state index is -0.328. The molecule has 0 aliphatic carbocycles. The number of anilines is 2. The Hall–Kier alpha value is -3.32. The summed E-state index contributed by atoms with van der Waals surface area (Å²) in [4.78, 5) is 32.8. The standard InChI is InChI=1S/C22H19N3O3S/c1-2-14-28-19-18(21(27)24-13-15-29-22(24)23-19)25(17-11-7-4-8-12-17)20(26)16-9-5-3-6-10-16/h2-12H,1,13-15H2. The summed E-state index contributed by atoms with van der Waals surface area (Å²) in [6.07, 6.45) is 1.58. The van der Waals surface area contributed by atoms with E-state index in [0.717, 1.165) is 5.75 Å². The van der Waals surface area contributed by atoms with Crippen molar-refractivity contribution >= 4 is 29.0 Å². The van der Waals surface area contributed by atoms with Gasteiger partial charge in [-0.15, -0.1) is 0 Å². The maximum atomic E-state index is 13.5. The summed E-state index contributed by atoms with van der Waals surface area (Å²) in [6.45, 7) is 4.38. The van der Waals surface area contributed by atoms with Crippen LogP contribution in [-0.2, 0) is 6.54 Å². The molecule has 0 bridgehead atoms. The number of nitrogens with zero attached hydrogens (tertiary/aromatic N) is 3. The number of fused-ring (bicyclic) bond motifs is 1. The number of para-hydroxylation sites is 1. The highest BCUT2D eigenvalue weighted by molar-refractivity contribution is 7.99. The third-order valence-corrected chi connectivity index (χ3v) is 5.38. The summed E-state index contributed by atoms with van der Waals surface area (Å²) < 4.78 is 7.32. The van der Waals surface area contributed by atoms with E-state index in [1.807, 2.05) is 24.3 Å². The van der Waals surface area contributed by atoms with Crippen LogP contribution in [-0.4, -0.2) is 27.8 Å². The number of hydrogen-bond acceptors (Lipinski definition) is 5. The van der Waals surface area contributed by atoms with E-state index in [4.69, 9.17) is 4.74 Å². The highest BCUT2D eigenvalue weighted by Gasteiger charge is 2.30. The molecule has 0 unspecified atom stereocenters. The van der Waals surface area contributed by atoms with Gasteiger partial charge < -0.3 is 4.74 Å². The largest absolute Gasteiger partial charge is 0.472 e. The molecule has 0 atom stereocenters. The molecule has 2 heterocycles. The minimum Gasteiger partial charge on any atom is -0.472 e. The molecule has 29 heavy (non-hydrogen) atoms. The molecule has 0 saturated carbocycles. The van der Waals surface area contributed by atoms with Gasteiger partial charge in [-0.25, -0.2) is 0 Å². The van der Waals surface area contributed by atoms with E-state index < -0.39 is 0 Å². The van der Waals surface area contributed by atoms with Gasteiger partial charge in [0.1, 0.15) is 6.61 Å². The Kier molecular flexibility index (Phi) is 5.48. The molecule has 1 aliphatic rings. The SMILES string of the molecule is C=CCOc1nc2n(c(=O)c1N(C(=O)c1ccccc1)c1ccccc1)CCS2. The monoisotopic (exact) mass is 405 g/mol. The molecular formula is C22H19N3O3S. The van der Waals surface area contributed by atoms with Gasteiger partial charge in [0.25, 0.3) is 11.5 Å². The van der Waals surface area contributed by atoms with Crippen LogP contribution in [0.25, 0.3) is 0 Å². The molecule has 0 saturated heterocycles. The number of rotatable bonds is 6. The van der Waals surface area contributed by atoms with Gasteiger partial charge in [-0.3, -0.25) is 19.1 Å². The van der Waals surface area contributed by atoms with E-state index in [9.17, 15) is 9.59 Å². The number of ether oxygens (including phenoxy) is 1. The molecule has 0 fully saturated rings. The average Bonchev–Trinajstić information content (AvgIpc) is 3.24. The van der Waals surface area contributed by atoms with Gasteiger partial charge in [-0.1, -0.05) is 60.8 Å². The van der Waals surface area contributed by atoms with Crippen LogP contribution in [0.4, 0.5) is 11.4 Å². The minimum absolute atomic E-state index is 0.109. The van der Waals surface area contributed by atoms with Crippen LogP contribution in [0.1, 0.15) is 10.4 Å². The zero-order valence-electron chi connectivity index (χ0n) is 15.7. The summed E-state index contributed by atoms with van der Waals surface area (Å²) in [5.41, 5.74) is 0.838. The molecule has 6 nitrogen and oxygen atoms in total. The van der Waals surface area contributed by atoms with Crippen molar-refractivity contribution in [3.8, 4) is 5.88 Å².